The number of likely N-dealkylation sites (tertiary alicyclic amines) is 2. The zero-order valence-electron chi connectivity index (χ0n) is 12.7. The first-order valence-electron chi connectivity index (χ1n) is 8.29. The smallest absolute Gasteiger partial charge is 0.0799 e. The minimum Gasteiger partial charge on any atom is -0.379 e. The van der Waals surface area contributed by atoms with Crippen LogP contribution in [0, 0.1) is 10.8 Å². The Bertz CT molecular complexity index is 442. The Hall–Kier alpha value is -0.160. The van der Waals surface area contributed by atoms with Crippen molar-refractivity contribution < 1.29 is 9.47 Å². The highest BCUT2D eigenvalue weighted by Gasteiger charge is 2.67. The van der Waals surface area contributed by atoms with E-state index < -0.39 is 0 Å². The number of piperidine rings is 1. The van der Waals surface area contributed by atoms with Crippen molar-refractivity contribution in [1.82, 2.24) is 9.80 Å². The molecule has 2 aliphatic carbocycles. The van der Waals surface area contributed by atoms with E-state index in [1.807, 2.05) is 0 Å². The molecule has 6 unspecified atom stereocenters. The van der Waals surface area contributed by atoms with Gasteiger partial charge in [0.2, 0.25) is 0 Å². The lowest BCUT2D eigenvalue weighted by atomic mass is 9.54. The van der Waals surface area contributed by atoms with Crippen molar-refractivity contribution in [3.63, 3.8) is 0 Å². The van der Waals surface area contributed by atoms with Crippen LogP contribution in [-0.2, 0) is 9.47 Å². The van der Waals surface area contributed by atoms with E-state index >= 15 is 0 Å². The van der Waals surface area contributed by atoms with Crippen LogP contribution in [0.15, 0.2) is 0 Å². The molecule has 6 aliphatic rings. The van der Waals surface area contributed by atoms with Crippen LogP contribution in [0.2, 0.25) is 0 Å². The van der Waals surface area contributed by atoms with Gasteiger partial charge in [-0.3, -0.25) is 4.90 Å². The van der Waals surface area contributed by atoms with E-state index in [2.05, 4.69) is 23.9 Å². The van der Waals surface area contributed by atoms with Gasteiger partial charge in [0.15, 0.2) is 0 Å². The molecule has 0 radical (unpaired) electrons. The first-order valence-corrected chi connectivity index (χ1v) is 8.29. The molecule has 4 nitrogen and oxygen atoms in total. The van der Waals surface area contributed by atoms with Crippen molar-refractivity contribution in [2.24, 2.45) is 10.8 Å². The summed E-state index contributed by atoms with van der Waals surface area (Å²) in [5, 5.41) is 0. The zero-order valence-corrected chi connectivity index (χ0v) is 12.7. The van der Waals surface area contributed by atoms with E-state index in [1.54, 1.807) is 0 Å². The Morgan fingerprint density at radius 1 is 1.00 bits per heavy atom. The second-order valence-corrected chi connectivity index (χ2v) is 8.07. The normalized spacial score (nSPS) is 58.5. The molecule has 0 amide bonds. The van der Waals surface area contributed by atoms with Crippen molar-refractivity contribution in [2.75, 3.05) is 40.4 Å². The van der Waals surface area contributed by atoms with Gasteiger partial charge in [-0.05, 0) is 39.8 Å². The molecule has 112 valence electrons. The maximum absolute atomic E-state index is 5.68. The molecule has 0 N–H and O–H groups in total. The molecule has 4 aliphatic heterocycles. The zero-order chi connectivity index (χ0) is 13.5. The average molecular weight is 278 g/mol. The summed E-state index contributed by atoms with van der Waals surface area (Å²) in [7, 11) is 4.44. The third kappa shape index (κ3) is 1.24. The molecule has 6 fully saturated rings. The summed E-state index contributed by atoms with van der Waals surface area (Å²) >= 11 is 0. The third-order valence-electron chi connectivity index (χ3n) is 7.37. The standard InChI is InChI=1S/2C8H13NO/c1-9-6-2-3-8(6)5-10-4-7(8)9;1-9-4-7-8(5-9)3-2-6(8)10-7/h2*6-7H,2-5H2,1H3. The SMILES string of the molecule is CN1C2CCC23COCC13.CN1CC2OC3CCC32C1. The van der Waals surface area contributed by atoms with E-state index in [0.717, 1.165) is 25.3 Å². The van der Waals surface area contributed by atoms with Crippen LogP contribution in [-0.4, -0.2) is 74.5 Å². The summed E-state index contributed by atoms with van der Waals surface area (Å²) in [5.41, 5.74) is 1.30. The molecule has 4 saturated heterocycles. The molecule has 0 aromatic rings. The van der Waals surface area contributed by atoms with Crippen molar-refractivity contribution in [3.8, 4) is 0 Å². The Morgan fingerprint density at radius 2 is 1.85 bits per heavy atom. The van der Waals surface area contributed by atoms with Gasteiger partial charge in [-0.1, -0.05) is 0 Å². The molecule has 0 aromatic heterocycles. The minimum absolute atomic E-state index is 0.608. The average Bonchev–Trinajstić information content (AvgIpc) is 2.96. The van der Waals surface area contributed by atoms with Crippen LogP contribution >= 0.6 is 0 Å². The van der Waals surface area contributed by atoms with Crippen molar-refractivity contribution >= 4 is 0 Å². The second kappa shape index (κ2) is 3.78. The van der Waals surface area contributed by atoms with Crippen molar-refractivity contribution in [1.29, 1.82) is 0 Å². The summed E-state index contributed by atoms with van der Waals surface area (Å²) < 4.78 is 11.2. The predicted octanol–water partition coefficient (Wildman–Crippen LogP) is 0.959. The van der Waals surface area contributed by atoms with E-state index in [9.17, 15) is 0 Å². The monoisotopic (exact) mass is 278 g/mol. The first-order chi connectivity index (χ1) is 9.66. The molecule has 0 aromatic carbocycles. The predicted molar refractivity (Wildman–Crippen MR) is 75.7 cm³/mol. The molecule has 6 rings (SSSR count). The highest BCUT2D eigenvalue weighted by Crippen LogP contribution is 2.60. The largest absolute Gasteiger partial charge is 0.379 e. The Morgan fingerprint density at radius 3 is 2.35 bits per heavy atom. The maximum Gasteiger partial charge on any atom is 0.0799 e. The lowest BCUT2D eigenvalue weighted by Gasteiger charge is -2.66. The molecule has 20 heavy (non-hydrogen) atoms. The lowest BCUT2D eigenvalue weighted by Crippen LogP contribution is -2.75. The minimum atomic E-state index is 0.608. The van der Waals surface area contributed by atoms with Gasteiger partial charge in [0, 0.05) is 36.0 Å². The topological polar surface area (TPSA) is 24.9 Å². The van der Waals surface area contributed by atoms with Gasteiger partial charge in [-0.2, -0.15) is 0 Å². The van der Waals surface area contributed by atoms with Crippen LogP contribution in [0.4, 0.5) is 0 Å². The van der Waals surface area contributed by atoms with Gasteiger partial charge < -0.3 is 14.4 Å². The molecule has 6 atom stereocenters. The van der Waals surface area contributed by atoms with Gasteiger partial charge in [0.25, 0.3) is 0 Å². The Balaban J connectivity index is 0.0000000960. The first kappa shape index (κ1) is 12.4. The van der Waals surface area contributed by atoms with Crippen LogP contribution in [0.3, 0.4) is 0 Å². The van der Waals surface area contributed by atoms with E-state index in [4.69, 9.17) is 9.47 Å². The fourth-order valence-corrected chi connectivity index (χ4v) is 5.92. The van der Waals surface area contributed by atoms with Gasteiger partial charge in [-0.25, -0.2) is 0 Å². The molecule has 4 heteroatoms. The quantitative estimate of drug-likeness (QED) is 0.659. The van der Waals surface area contributed by atoms with Gasteiger partial charge in [0.1, 0.15) is 0 Å². The van der Waals surface area contributed by atoms with Crippen molar-refractivity contribution in [3.05, 3.63) is 0 Å². The number of ether oxygens (including phenoxy) is 2. The fourth-order valence-electron chi connectivity index (χ4n) is 5.92. The molecule has 4 heterocycles. The summed E-state index contributed by atoms with van der Waals surface area (Å²) in [6.07, 6.45) is 6.85. The number of likely N-dealkylation sites (N-methyl/N-ethyl adjacent to an activating group) is 2. The summed E-state index contributed by atoms with van der Waals surface area (Å²) in [6, 6.07) is 1.67. The molecular formula is C16H26N2O2. The van der Waals surface area contributed by atoms with E-state index in [1.165, 1.54) is 38.8 Å². The number of rotatable bonds is 0. The number of hydrogen-bond acceptors (Lipinski definition) is 4. The molecular weight excluding hydrogens is 252 g/mol. The fraction of sp³-hybridized carbons (Fsp3) is 1.00. The molecule has 0 bridgehead atoms. The highest BCUT2D eigenvalue weighted by molar-refractivity contribution is 5.19. The number of hydrogen-bond donors (Lipinski definition) is 0. The summed E-state index contributed by atoms with van der Waals surface area (Å²) in [4.78, 5) is 4.90. The Kier molecular flexibility index (Phi) is 2.34. The molecule has 2 saturated carbocycles. The summed E-state index contributed by atoms with van der Waals surface area (Å²) in [5.74, 6) is 0. The van der Waals surface area contributed by atoms with E-state index in [-0.39, 0.29) is 0 Å². The van der Waals surface area contributed by atoms with Crippen LogP contribution < -0.4 is 0 Å². The third-order valence-corrected chi connectivity index (χ3v) is 7.37. The highest BCUT2D eigenvalue weighted by atomic mass is 16.5. The number of nitrogens with zero attached hydrogens (tertiary/aromatic N) is 2. The van der Waals surface area contributed by atoms with Gasteiger partial charge in [0.05, 0.1) is 25.4 Å². The van der Waals surface area contributed by atoms with Crippen LogP contribution in [0.25, 0.3) is 0 Å². The second-order valence-electron chi connectivity index (χ2n) is 8.07. The molecule has 2 spiro atoms. The van der Waals surface area contributed by atoms with Crippen LogP contribution in [0.5, 0.6) is 0 Å². The maximum atomic E-state index is 5.68. The van der Waals surface area contributed by atoms with Crippen LogP contribution in [0.1, 0.15) is 25.7 Å². The van der Waals surface area contributed by atoms with Gasteiger partial charge in [-0.15, -0.1) is 0 Å². The Labute approximate surface area is 121 Å². The summed E-state index contributed by atoms with van der Waals surface area (Å²) in [6.45, 7) is 4.51. The lowest BCUT2D eigenvalue weighted by molar-refractivity contribution is -0.280. The van der Waals surface area contributed by atoms with Crippen molar-refractivity contribution in [2.45, 2.75) is 50.0 Å². The van der Waals surface area contributed by atoms with E-state index in [0.29, 0.717) is 23.0 Å². The van der Waals surface area contributed by atoms with Gasteiger partial charge >= 0.3 is 0 Å².